The van der Waals surface area contributed by atoms with Crippen LogP contribution in [0, 0.1) is 11.3 Å². The number of nitrogens with zero attached hydrogens (tertiary/aromatic N) is 1. The second kappa shape index (κ2) is 8.23. The highest BCUT2D eigenvalue weighted by Crippen LogP contribution is 2.35. The smallest absolute Gasteiger partial charge is 0.328 e. The highest BCUT2D eigenvalue weighted by atomic mass is 35.5. The van der Waals surface area contributed by atoms with Crippen LogP contribution in [-0.2, 0) is 9.53 Å². The Labute approximate surface area is 145 Å². The lowest BCUT2D eigenvalue weighted by molar-refractivity contribution is -0.143. The first-order valence-electron chi connectivity index (χ1n) is 7.27. The molecule has 0 aliphatic rings. The van der Waals surface area contributed by atoms with Gasteiger partial charge in [-0.1, -0.05) is 23.7 Å². The predicted molar refractivity (Wildman–Crippen MR) is 89.5 cm³/mol. The number of halogens is 1. The Balaban J connectivity index is 2.38. The van der Waals surface area contributed by atoms with Crippen LogP contribution in [0.2, 0.25) is 5.02 Å². The third kappa shape index (κ3) is 3.98. The molecule has 6 heteroatoms. The van der Waals surface area contributed by atoms with Crippen molar-refractivity contribution in [3.63, 3.8) is 0 Å². The Bertz CT molecular complexity index is 770. The minimum atomic E-state index is -1.10. The molecule has 0 heterocycles. The molecule has 2 rings (SSSR count). The Morgan fingerprint density at radius 2 is 2.00 bits per heavy atom. The number of carbonyl (C=O) groups is 1. The van der Waals surface area contributed by atoms with E-state index in [0.29, 0.717) is 27.8 Å². The number of methoxy groups -OCH3 is 1. The third-order valence-electron chi connectivity index (χ3n) is 3.23. The van der Waals surface area contributed by atoms with Crippen molar-refractivity contribution in [2.45, 2.75) is 12.8 Å². The lowest BCUT2D eigenvalue weighted by Crippen LogP contribution is -2.15. The van der Waals surface area contributed by atoms with Gasteiger partial charge in [-0.25, -0.2) is 0 Å². The number of hydrogen-bond donors (Lipinski definition) is 0. The van der Waals surface area contributed by atoms with Crippen molar-refractivity contribution in [2.24, 2.45) is 0 Å². The SMILES string of the molecule is CCOC(=O)C(C#N)c1cc(Oc2ccccc2Cl)ccc1OC. The Morgan fingerprint density at radius 3 is 2.62 bits per heavy atom. The average molecular weight is 346 g/mol. The van der Waals surface area contributed by atoms with Gasteiger partial charge >= 0.3 is 5.97 Å². The van der Waals surface area contributed by atoms with Crippen LogP contribution in [-0.4, -0.2) is 19.7 Å². The molecule has 1 atom stereocenters. The summed E-state index contributed by atoms with van der Waals surface area (Å²) in [5.74, 6) is -0.424. The van der Waals surface area contributed by atoms with Gasteiger partial charge in [0.1, 0.15) is 17.2 Å². The molecule has 0 aliphatic carbocycles. The average Bonchev–Trinajstić information content (AvgIpc) is 2.58. The molecule has 24 heavy (non-hydrogen) atoms. The van der Waals surface area contributed by atoms with Gasteiger partial charge in [0.2, 0.25) is 0 Å². The molecule has 2 aromatic rings. The van der Waals surface area contributed by atoms with Crippen LogP contribution in [0.1, 0.15) is 18.4 Å². The molecule has 0 spiro atoms. The zero-order valence-electron chi connectivity index (χ0n) is 13.3. The predicted octanol–water partition coefficient (Wildman–Crippen LogP) is 4.31. The van der Waals surface area contributed by atoms with Gasteiger partial charge in [0, 0.05) is 5.56 Å². The van der Waals surface area contributed by atoms with Crippen LogP contribution < -0.4 is 9.47 Å². The van der Waals surface area contributed by atoms with E-state index in [1.165, 1.54) is 7.11 Å². The van der Waals surface area contributed by atoms with E-state index in [4.69, 9.17) is 25.8 Å². The van der Waals surface area contributed by atoms with Gasteiger partial charge in [0.25, 0.3) is 0 Å². The maximum atomic E-state index is 12.0. The summed E-state index contributed by atoms with van der Waals surface area (Å²) < 4.78 is 15.9. The number of carbonyl (C=O) groups excluding carboxylic acids is 1. The Hall–Kier alpha value is -2.71. The summed E-state index contributed by atoms with van der Waals surface area (Å²) in [6.07, 6.45) is 0. The van der Waals surface area contributed by atoms with Crippen LogP contribution in [0.25, 0.3) is 0 Å². The van der Waals surface area contributed by atoms with Crippen LogP contribution in [0.5, 0.6) is 17.2 Å². The highest BCUT2D eigenvalue weighted by Gasteiger charge is 2.26. The van der Waals surface area contributed by atoms with Crippen molar-refractivity contribution in [1.82, 2.24) is 0 Å². The second-order valence-corrected chi connectivity index (χ2v) is 5.16. The first-order valence-corrected chi connectivity index (χ1v) is 7.65. The van der Waals surface area contributed by atoms with E-state index in [2.05, 4.69) is 0 Å². The van der Waals surface area contributed by atoms with Crippen molar-refractivity contribution < 1.29 is 19.0 Å². The van der Waals surface area contributed by atoms with Crippen molar-refractivity contribution in [2.75, 3.05) is 13.7 Å². The van der Waals surface area contributed by atoms with Gasteiger partial charge in [-0.2, -0.15) is 5.26 Å². The number of hydrogen-bond acceptors (Lipinski definition) is 5. The quantitative estimate of drug-likeness (QED) is 0.729. The summed E-state index contributed by atoms with van der Waals surface area (Å²) in [5, 5.41) is 9.81. The molecule has 0 saturated heterocycles. The maximum absolute atomic E-state index is 12.0. The second-order valence-electron chi connectivity index (χ2n) is 4.75. The normalized spacial score (nSPS) is 11.2. The van der Waals surface area contributed by atoms with E-state index < -0.39 is 11.9 Å². The van der Waals surface area contributed by atoms with Crippen molar-refractivity contribution in [1.29, 1.82) is 5.26 Å². The summed E-state index contributed by atoms with van der Waals surface area (Å²) in [5.41, 5.74) is 0.378. The van der Waals surface area contributed by atoms with Crippen LogP contribution in [0.4, 0.5) is 0 Å². The fourth-order valence-corrected chi connectivity index (χ4v) is 2.31. The third-order valence-corrected chi connectivity index (χ3v) is 3.54. The first kappa shape index (κ1) is 17.6. The summed E-state index contributed by atoms with van der Waals surface area (Å²) in [6.45, 7) is 1.87. The maximum Gasteiger partial charge on any atom is 0.328 e. The minimum Gasteiger partial charge on any atom is -0.496 e. The summed E-state index contributed by atoms with van der Waals surface area (Å²) >= 11 is 6.08. The van der Waals surface area contributed by atoms with E-state index in [1.54, 1.807) is 49.4 Å². The highest BCUT2D eigenvalue weighted by molar-refractivity contribution is 6.32. The van der Waals surface area contributed by atoms with E-state index in [0.717, 1.165) is 0 Å². The lowest BCUT2D eigenvalue weighted by atomic mass is 9.99. The number of nitriles is 1. The molecule has 0 N–H and O–H groups in total. The number of ether oxygens (including phenoxy) is 3. The molecule has 0 fully saturated rings. The van der Waals surface area contributed by atoms with Crippen molar-refractivity contribution in [3.8, 4) is 23.3 Å². The largest absolute Gasteiger partial charge is 0.496 e. The fraction of sp³-hybridized carbons (Fsp3) is 0.222. The molecule has 0 aromatic heterocycles. The Morgan fingerprint density at radius 1 is 1.25 bits per heavy atom. The molecule has 0 bridgehead atoms. The van der Waals surface area contributed by atoms with Crippen LogP contribution in [0.15, 0.2) is 42.5 Å². The topological polar surface area (TPSA) is 68.6 Å². The zero-order valence-corrected chi connectivity index (χ0v) is 14.0. The lowest BCUT2D eigenvalue weighted by Gasteiger charge is -2.15. The summed E-state index contributed by atoms with van der Waals surface area (Å²) in [7, 11) is 1.47. The Kier molecular flexibility index (Phi) is 6.05. The number of benzene rings is 2. The monoisotopic (exact) mass is 345 g/mol. The molecule has 5 nitrogen and oxygen atoms in total. The van der Waals surface area contributed by atoms with Crippen LogP contribution >= 0.6 is 11.6 Å². The van der Waals surface area contributed by atoms with E-state index in [1.807, 2.05) is 6.07 Å². The molecule has 0 amide bonds. The number of esters is 1. The van der Waals surface area contributed by atoms with Gasteiger partial charge in [-0.3, -0.25) is 4.79 Å². The van der Waals surface area contributed by atoms with Gasteiger partial charge < -0.3 is 14.2 Å². The minimum absolute atomic E-state index is 0.190. The molecule has 1 unspecified atom stereocenters. The zero-order chi connectivity index (χ0) is 17.5. The van der Waals surface area contributed by atoms with E-state index in [-0.39, 0.29) is 6.61 Å². The molecule has 0 radical (unpaired) electrons. The van der Waals surface area contributed by atoms with Crippen molar-refractivity contribution in [3.05, 3.63) is 53.1 Å². The summed E-state index contributed by atoms with van der Waals surface area (Å²) in [4.78, 5) is 12.0. The standard InChI is InChI=1S/C18H16ClNO4/c1-3-23-18(21)14(11-20)13-10-12(8-9-16(13)22-2)24-17-7-5-4-6-15(17)19/h4-10,14H,3H2,1-2H3. The molecule has 0 aliphatic heterocycles. The van der Waals surface area contributed by atoms with Gasteiger partial charge in [0.05, 0.1) is 24.8 Å². The molecule has 0 saturated carbocycles. The number of rotatable bonds is 6. The first-order chi connectivity index (χ1) is 11.6. The van der Waals surface area contributed by atoms with Gasteiger partial charge in [0.15, 0.2) is 5.92 Å². The van der Waals surface area contributed by atoms with Gasteiger partial charge in [-0.15, -0.1) is 0 Å². The molecular weight excluding hydrogens is 330 g/mol. The molecule has 2 aromatic carbocycles. The molecular formula is C18H16ClNO4. The van der Waals surface area contributed by atoms with Gasteiger partial charge in [-0.05, 0) is 37.3 Å². The van der Waals surface area contributed by atoms with E-state index >= 15 is 0 Å². The number of para-hydroxylation sites is 1. The van der Waals surface area contributed by atoms with E-state index in [9.17, 15) is 10.1 Å². The molecule has 124 valence electrons. The van der Waals surface area contributed by atoms with Crippen molar-refractivity contribution >= 4 is 17.6 Å². The van der Waals surface area contributed by atoms with Crippen LogP contribution in [0.3, 0.4) is 0 Å². The summed E-state index contributed by atoms with van der Waals surface area (Å²) in [6, 6.07) is 13.8. The fourth-order valence-electron chi connectivity index (χ4n) is 2.13.